The van der Waals surface area contributed by atoms with Gasteiger partial charge in [-0.1, -0.05) is 0 Å². The molecule has 172 valence electrons. The van der Waals surface area contributed by atoms with Crippen molar-refractivity contribution >= 4 is 66.6 Å². The highest BCUT2D eigenvalue weighted by molar-refractivity contribution is 7.98. The van der Waals surface area contributed by atoms with Crippen LogP contribution in [-0.4, -0.2) is 82.4 Å². The summed E-state index contributed by atoms with van der Waals surface area (Å²) in [6.45, 7) is 0. The van der Waals surface area contributed by atoms with Crippen LogP contribution in [0.3, 0.4) is 0 Å². The fourth-order valence-electron chi connectivity index (χ4n) is 2.15. The smallest absolute Gasteiger partial charge is 0.326 e. The topological polar surface area (TPSA) is 194 Å². The van der Waals surface area contributed by atoms with Crippen molar-refractivity contribution < 1.29 is 29.1 Å². The number of thioether (sulfide) groups is 1. The largest absolute Gasteiger partial charge is 0.480 e. The molecule has 8 N–H and O–H groups in total. The van der Waals surface area contributed by atoms with Crippen LogP contribution < -0.4 is 27.4 Å². The zero-order valence-electron chi connectivity index (χ0n) is 16.5. The molecule has 0 bridgehead atoms. The molecular formula is C16H29N5O6S3. The molecule has 4 atom stereocenters. The molecule has 0 aromatic heterocycles. The molecule has 0 spiro atoms. The monoisotopic (exact) mass is 483 g/mol. The lowest BCUT2D eigenvalue weighted by Gasteiger charge is -2.24. The average Bonchev–Trinajstić information content (AvgIpc) is 2.70. The number of thiol groups is 2. The molecule has 0 rings (SSSR count). The molecule has 0 aromatic carbocycles. The van der Waals surface area contributed by atoms with Crippen LogP contribution in [0.4, 0.5) is 0 Å². The summed E-state index contributed by atoms with van der Waals surface area (Å²) in [5, 5.41) is 16.4. The second-order valence-electron chi connectivity index (χ2n) is 6.28. The minimum Gasteiger partial charge on any atom is -0.480 e. The number of hydrogen-bond acceptors (Lipinski definition) is 9. The van der Waals surface area contributed by atoms with Crippen LogP contribution in [0.15, 0.2) is 0 Å². The lowest BCUT2D eigenvalue weighted by Crippen LogP contribution is -2.58. The Labute approximate surface area is 190 Å². The number of carboxylic acid groups (broad SMARTS) is 1. The first kappa shape index (κ1) is 28.4. The lowest BCUT2D eigenvalue weighted by molar-refractivity contribution is -0.142. The van der Waals surface area contributed by atoms with Crippen molar-refractivity contribution in [2.24, 2.45) is 11.5 Å². The summed E-state index contributed by atoms with van der Waals surface area (Å²) in [6, 6.07) is -4.45. The molecule has 30 heavy (non-hydrogen) atoms. The van der Waals surface area contributed by atoms with Crippen molar-refractivity contribution in [1.82, 2.24) is 16.0 Å². The molecule has 0 aliphatic carbocycles. The molecule has 0 aliphatic heterocycles. The second kappa shape index (κ2) is 15.2. The van der Waals surface area contributed by atoms with Crippen LogP contribution in [0.1, 0.15) is 19.3 Å². The molecular weight excluding hydrogens is 454 g/mol. The summed E-state index contributed by atoms with van der Waals surface area (Å²) in [5.74, 6) is -3.61. The Hall–Kier alpha value is -1.64. The van der Waals surface area contributed by atoms with Gasteiger partial charge >= 0.3 is 5.97 Å². The molecule has 0 fully saturated rings. The summed E-state index contributed by atoms with van der Waals surface area (Å²) >= 11 is 9.34. The average molecular weight is 484 g/mol. The van der Waals surface area contributed by atoms with E-state index in [1.807, 2.05) is 0 Å². The first-order chi connectivity index (χ1) is 14.1. The van der Waals surface area contributed by atoms with E-state index in [1.54, 1.807) is 6.26 Å². The van der Waals surface area contributed by atoms with Crippen molar-refractivity contribution in [2.45, 2.75) is 43.4 Å². The van der Waals surface area contributed by atoms with Gasteiger partial charge in [-0.25, -0.2) is 4.79 Å². The van der Waals surface area contributed by atoms with Crippen molar-refractivity contribution in [3.63, 3.8) is 0 Å². The summed E-state index contributed by atoms with van der Waals surface area (Å²) in [7, 11) is 0. The SMILES string of the molecule is CSCCC(NC(=O)C(CCC(N)=O)NC(=O)C(CS)NC(=O)C(N)CS)C(=O)O. The number of rotatable bonds is 15. The zero-order chi connectivity index (χ0) is 23.3. The van der Waals surface area contributed by atoms with E-state index < -0.39 is 53.8 Å². The van der Waals surface area contributed by atoms with Crippen molar-refractivity contribution in [1.29, 1.82) is 0 Å². The predicted molar refractivity (Wildman–Crippen MR) is 121 cm³/mol. The van der Waals surface area contributed by atoms with Gasteiger partial charge in [-0.05, 0) is 24.9 Å². The Morgan fingerprint density at radius 3 is 1.90 bits per heavy atom. The fourth-order valence-corrected chi connectivity index (χ4v) is 3.04. The number of amides is 4. The van der Waals surface area contributed by atoms with E-state index in [2.05, 4.69) is 41.2 Å². The van der Waals surface area contributed by atoms with Gasteiger partial charge in [0.05, 0.1) is 6.04 Å². The highest BCUT2D eigenvalue weighted by Gasteiger charge is 2.29. The van der Waals surface area contributed by atoms with Gasteiger partial charge in [0.2, 0.25) is 23.6 Å². The standard InChI is InChI=1S/C16H29N5O6S3/c1-30-5-4-10(16(26)27)20-14(24)9(2-3-12(18)22)19-15(25)11(7-29)21-13(23)8(17)6-28/h8-11,28-29H,2-7,17H2,1H3,(H2,18,22)(H,19,25)(H,20,24)(H,21,23)(H,26,27). The third-order valence-electron chi connectivity index (χ3n) is 3.89. The van der Waals surface area contributed by atoms with E-state index in [9.17, 15) is 29.1 Å². The van der Waals surface area contributed by atoms with Crippen LogP contribution in [0, 0.1) is 0 Å². The molecule has 0 saturated heterocycles. The number of nitrogens with two attached hydrogens (primary N) is 2. The van der Waals surface area contributed by atoms with Gasteiger partial charge in [-0.2, -0.15) is 37.0 Å². The van der Waals surface area contributed by atoms with Crippen LogP contribution in [0.2, 0.25) is 0 Å². The van der Waals surface area contributed by atoms with Gasteiger partial charge in [0, 0.05) is 17.9 Å². The maximum Gasteiger partial charge on any atom is 0.326 e. The minimum atomic E-state index is -1.24. The summed E-state index contributed by atoms with van der Waals surface area (Å²) in [4.78, 5) is 59.5. The van der Waals surface area contributed by atoms with Crippen molar-refractivity contribution in [3.8, 4) is 0 Å². The molecule has 0 radical (unpaired) electrons. The second-order valence-corrected chi connectivity index (χ2v) is 8.00. The Bertz CT molecular complexity index is 624. The van der Waals surface area contributed by atoms with Crippen molar-refractivity contribution in [3.05, 3.63) is 0 Å². The molecule has 0 aromatic rings. The number of carbonyl (C=O) groups excluding carboxylic acids is 4. The van der Waals surface area contributed by atoms with E-state index in [1.165, 1.54) is 11.8 Å². The number of hydrogen-bond donors (Lipinski definition) is 8. The van der Waals surface area contributed by atoms with Gasteiger partial charge in [0.1, 0.15) is 18.1 Å². The predicted octanol–water partition coefficient (Wildman–Crippen LogP) is -2.27. The third-order valence-corrected chi connectivity index (χ3v) is 5.29. The molecule has 11 nitrogen and oxygen atoms in total. The van der Waals surface area contributed by atoms with Gasteiger partial charge < -0.3 is 32.5 Å². The first-order valence-corrected chi connectivity index (χ1v) is 11.6. The molecule has 0 aliphatic rings. The van der Waals surface area contributed by atoms with Gasteiger partial charge in [0.15, 0.2) is 0 Å². The number of aliphatic carboxylic acids is 1. The number of carbonyl (C=O) groups is 5. The molecule has 14 heteroatoms. The molecule has 0 saturated carbocycles. The Morgan fingerprint density at radius 1 is 0.900 bits per heavy atom. The lowest BCUT2D eigenvalue weighted by atomic mass is 10.1. The summed E-state index contributed by atoms with van der Waals surface area (Å²) in [6.07, 6.45) is 1.60. The van der Waals surface area contributed by atoms with Gasteiger partial charge in [0.25, 0.3) is 0 Å². The highest BCUT2D eigenvalue weighted by Crippen LogP contribution is 2.05. The third kappa shape index (κ3) is 10.9. The Kier molecular flexibility index (Phi) is 14.4. The van der Waals surface area contributed by atoms with E-state index in [0.717, 1.165) is 0 Å². The van der Waals surface area contributed by atoms with E-state index in [-0.39, 0.29) is 30.8 Å². The van der Waals surface area contributed by atoms with E-state index >= 15 is 0 Å². The summed E-state index contributed by atoms with van der Waals surface area (Å²) in [5.41, 5.74) is 10.7. The highest BCUT2D eigenvalue weighted by atomic mass is 32.2. The number of nitrogens with one attached hydrogen (secondary N) is 3. The quantitative estimate of drug-likeness (QED) is 0.119. The first-order valence-electron chi connectivity index (χ1n) is 8.95. The zero-order valence-corrected chi connectivity index (χ0v) is 19.1. The van der Waals surface area contributed by atoms with Gasteiger partial charge in [-0.3, -0.25) is 19.2 Å². The maximum atomic E-state index is 12.6. The van der Waals surface area contributed by atoms with Crippen molar-refractivity contribution in [2.75, 3.05) is 23.5 Å². The molecule has 0 heterocycles. The maximum absolute atomic E-state index is 12.6. The molecule has 4 unspecified atom stereocenters. The number of carboxylic acids is 1. The normalized spacial score (nSPS) is 14.7. The Morgan fingerprint density at radius 2 is 1.43 bits per heavy atom. The summed E-state index contributed by atoms with van der Waals surface area (Å²) < 4.78 is 0. The Balaban J connectivity index is 5.27. The van der Waals surface area contributed by atoms with Gasteiger partial charge in [-0.15, -0.1) is 0 Å². The van der Waals surface area contributed by atoms with E-state index in [4.69, 9.17) is 11.5 Å². The van der Waals surface area contributed by atoms with Crippen LogP contribution >= 0.6 is 37.0 Å². The van der Waals surface area contributed by atoms with Crippen LogP contribution in [0.5, 0.6) is 0 Å². The minimum absolute atomic E-state index is 0.0585. The van der Waals surface area contributed by atoms with Crippen LogP contribution in [-0.2, 0) is 24.0 Å². The fraction of sp³-hybridized carbons (Fsp3) is 0.688. The van der Waals surface area contributed by atoms with Crippen LogP contribution in [0.25, 0.3) is 0 Å². The molecule has 4 amide bonds. The number of primary amides is 1. The van der Waals surface area contributed by atoms with E-state index in [0.29, 0.717) is 5.75 Å².